The van der Waals surface area contributed by atoms with Crippen molar-refractivity contribution >= 4 is 18.7 Å². The molecule has 3 heteroatoms. The van der Waals surface area contributed by atoms with Gasteiger partial charge in [-0.25, -0.2) is 0 Å². The van der Waals surface area contributed by atoms with Gasteiger partial charge in [0.05, 0.1) is 0 Å². The van der Waals surface area contributed by atoms with E-state index in [1.807, 2.05) is 0 Å². The molecule has 0 amide bonds. The molecule has 0 aromatic heterocycles. The molecule has 1 spiro atoms. The van der Waals surface area contributed by atoms with E-state index in [2.05, 4.69) is 44.2 Å². The SMILES string of the molecule is CC1(C)[C@@H]2CC[C@]13C[Se+](c1ccccc1)O[C@@H]3C2.[Cl-]. The molecule has 0 radical (unpaired) electrons. The van der Waals surface area contributed by atoms with E-state index in [1.54, 1.807) is 0 Å². The smallest absolute Gasteiger partial charge is 1.00 e. The van der Waals surface area contributed by atoms with Crippen LogP contribution in [0.1, 0.15) is 33.1 Å². The second kappa shape index (κ2) is 4.49. The van der Waals surface area contributed by atoms with Gasteiger partial charge in [0.15, 0.2) is 0 Å². The molecule has 4 atom stereocenters. The van der Waals surface area contributed by atoms with Crippen molar-refractivity contribution in [2.75, 3.05) is 0 Å². The summed E-state index contributed by atoms with van der Waals surface area (Å²) in [4.78, 5) is 0. The Hall–Kier alpha value is -0.0105. The maximum atomic E-state index is 6.56. The molecule has 0 N–H and O–H groups in total. The molecule has 2 saturated carbocycles. The normalized spacial score (nSPS) is 41.9. The van der Waals surface area contributed by atoms with Gasteiger partial charge in [0.1, 0.15) is 0 Å². The van der Waals surface area contributed by atoms with Gasteiger partial charge in [-0.3, -0.25) is 0 Å². The van der Waals surface area contributed by atoms with Crippen LogP contribution in [0.4, 0.5) is 0 Å². The van der Waals surface area contributed by atoms with Crippen molar-refractivity contribution in [3.63, 3.8) is 0 Å². The molecule has 2 bridgehead atoms. The van der Waals surface area contributed by atoms with Gasteiger partial charge in [-0.2, -0.15) is 0 Å². The third-order valence-electron chi connectivity index (χ3n) is 5.98. The van der Waals surface area contributed by atoms with Crippen molar-refractivity contribution in [3.05, 3.63) is 30.3 Å². The molecular formula is C16H21ClOSe. The van der Waals surface area contributed by atoms with E-state index >= 15 is 0 Å². The average Bonchev–Trinajstić information content (AvgIpc) is 2.95. The predicted octanol–water partition coefficient (Wildman–Crippen LogP) is 0.114. The van der Waals surface area contributed by atoms with Crippen molar-refractivity contribution < 1.29 is 16.2 Å². The summed E-state index contributed by atoms with van der Waals surface area (Å²) in [5.41, 5.74) is 1.04. The number of rotatable bonds is 1. The number of halogens is 1. The molecule has 1 aromatic carbocycles. The first-order chi connectivity index (χ1) is 8.63. The minimum Gasteiger partial charge on any atom is -1.00 e. The van der Waals surface area contributed by atoms with E-state index in [1.165, 1.54) is 29.0 Å². The second-order valence-corrected chi connectivity index (χ2v) is 10.2. The average molecular weight is 344 g/mol. The van der Waals surface area contributed by atoms with E-state index < -0.39 is 14.2 Å². The van der Waals surface area contributed by atoms with Gasteiger partial charge >= 0.3 is 114 Å². The minimum absolute atomic E-state index is 0. The van der Waals surface area contributed by atoms with E-state index in [4.69, 9.17) is 3.82 Å². The largest absolute Gasteiger partial charge is 1.00 e. The summed E-state index contributed by atoms with van der Waals surface area (Å²) >= 11 is -1.01. The first kappa shape index (κ1) is 13.9. The number of benzene rings is 1. The Labute approximate surface area is 126 Å². The summed E-state index contributed by atoms with van der Waals surface area (Å²) in [6.45, 7) is 5.02. The Bertz CT molecular complexity index is 475. The van der Waals surface area contributed by atoms with E-state index in [0.29, 0.717) is 16.9 Å². The predicted molar refractivity (Wildman–Crippen MR) is 75.1 cm³/mol. The van der Waals surface area contributed by atoms with Crippen molar-refractivity contribution in [1.82, 2.24) is 0 Å². The van der Waals surface area contributed by atoms with E-state index in [0.717, 1.165) is 5.92 Å². The van der Waals surface area contributed by atoms with Crippen molar-refractivity contribution in [2.45, 2.75) is 44.5 Å². The van der Waals surface area contributed by atoms with Gasteiger partial charge in [0.25, 0.3) is 0 Å². The maximum Gasteiger partial charge on any atom is -1.00 e. The number of fused-ring (bicyclic) bond motifs is 1. The zero-order valence-electron chi connectivity index (χ0n) is 11.6. The molecule has 1 aromatic rings. The van der Waals surface area contributed by atoms with Crippen molar-refractivity contribution in [1.29, 1.82) is 0 Å². The van der Waals surface area contributed by atoms with Crippen LogP contribution in [0.3, 0.4) is 0 Å². The number of hydrogen-bond donors (Lipinski definition) is 0. The van der Waals surface area contributed by atoms with Crippen LogP contribution in [-0.2, 0) is 3.82 Å². The molecule has 2 aliphatic carbocycles. The molecule has 3 fully saturated rings. The summed E-state index contributed by atoms with van der Waals surface area (Å²) in [5.74, 6) is 0.922. The standard InChI is InChI=1S/C16H21OSe.ClH/c1-15(2)12-8-9-16(15)11-18(17-14(16)10-12)13-6-4-3-5-7-13;/h3-7,12,14H,8-11H2,1-2H3;1H/q+1;/p-1/t12-,14-,16-,18?;/m1./s1. The zero-order valence-corrected chi connectivity index (χ0v) is 14.0. The van der Waals surface area contributed by atoms with Crippen molar-refractivity contribution in [3.8, 4) is 0 Å². The van der Waals surface area contributed by atoms with Gasteiger partial charge < -0.3 is 12.4 Å². The van der Waals surface area contributed by atoms with E-state index in [9.17, 15) is 0 Å². The fourth-order valence-corrected chi connectivity index (χ4v) is 9.88. The van der Waals surface area contributed by atoms with Crippen LogP contribution in [0.2, 0.25) is 5.32 Å². The van der Waals surface area contributed by atoms with Gasteiger partial charge in [0.2, 0.25) is 0 Å². The molecular weight excluding hydrogens is 323 g/mol. The molecule has 1 saturated heterocycles. The summed E-state index contributed by atoms with van der Waals surface area (Å²) in [7, 11) is 0. The van der Waals surface area contributed by atoms with Gasteiger partial charge in [-0.1, -0.05) is 0 Å². The Morgan fingerprint density at radius 3 is 2.58 bits per heavy atom. The summed E-state index contributed by atoms with van der Waals surface area (Å²) < 4.78 is 8.06. The molecule has 1 nitrogen and oxygen atoms in total. The third-order valence-corrected chi connectivity index (χ3v) is 10.3. The van der Waals surface area contributed by atoms with Crippen LogP contribution in [0, 0.1) is 16.7 Å². The monoisotopic (exact) mass is 344 g/mol. The molecule has 1 heterocycles. The zero-order chi connectivity index (χ0) is 12.4. The van der Waals surface area contributed by atoms with Gasteiger partial charge in [0, 0.05) is 0 Å². The minimum atomic E-state index is -1.01. The second-order valence-electron chi connectivity index (χ2n) is 6.74. The van der Waals surface area contributed by atoms with Crippen LogP contribution in [0.15, 0.2) is 30.3 Å². The van der Waals surface area contributed by atoms with Crippen LogP contribution in [0.25, 0.3) is 0 Å². The first-order valence-corrected chi connectivity index (χ1v) is 9.83. The van der Waals surface area contributed by atoms with Crippen LogP contribution in [-0.4, -0.2) is 20.3 Å². The van der Waals surface area contributed by atoms with Gasteiger partial charge in [-0.15, -0.1) is 0 Å². The Balaban J connectivity index is 0.00000110. The third kappa shape index (κ3) is 1.70. The molecule has 1 aliphatic heterocycles. The van der Waals surface area contributed by atoms with Crippen molar-refractivity contribution in [2.24, 2.45) is 16.7 Å². The van der Waals surface area contributed by atoms with Crippen LogP contribution < -0.4 is 16.9 Å². The fourth-order valence-electron chi connectivity index (χ4n) is 4.60. The Morgan fingerprint density at radius 1 is 1.21 bits per heavy atom. The quantitative estimate of drug-likeness (QED) is 0.658. The van der Waals surface area contributed by atoms with E-state index in [-0.39, 0.29) is 12.4 Å². The fraction of sp³-hybridized carbons (Fsp3) is 0.625. The Morgan fingerprint density at radius 2 is 1.95 bits per heavy atom. The number of hydrogen-bond acceptors (Lipinski definition) is 1. The summed E-state index contributed by atoms with van der Waals surface area (Å²) in [6.07, 6.45) is 4.78. The van der Waals surface area contributed by atoms with Gasteiger partial charge in [-0.05, 0) is 0 Å². The molecule has 4 rings (SSSR count). The topological polar surface area (TPSA) is 9.23 Å². The summed E-state index contributed by atoms with van der Waals surface area (Å²) in [5, 5.41) is 1.37. The maximum absolute atomic E-state index is 6.56. The molecule has 3 aliphatic rings. The summed E-state index contributed by atoms with van der Waals surface area (Å²) in [6, 6.07) is 11.0. The molecule has 19 heavy (non-hydrogen) atoms. The molecule has 1 unspecified atom stereocenters. The Kier molecular flexibility index (Phi) is 3.30. The van der Waals surface area contributed by atoms with Crippen LogP contribution >= 0.6 is 0 Å². The first-order valence-electron chi connectivity index (χ1n) is 7.07. The molecule has 104 valence electrons. The van der Waals surface area contributed by atoms with Crippen LogP contribution in [0.5, 0.6) is 0 Å².